The second-order valence-corrected chi connectivity index (χ2v) is 7.55. The Balaban J connectivity index is 1.84. The highest BCUT2D eigenvalue weighted by atomic mass is 16.5. The summed E-state index contributed by atoms with van der Waals surface area (Å²) in [6.45, 7) is 2.43. The maximum atomic E-state index is 12.9. The molecule has 3 heterocycles. The quantitative estimate of drug-likeness (QED) is 0.791. The molecule has 5 heteroatoms. The number of ether oxygens (including phenoxy) is 1. The highest BCUT2D eigenvalue weighted by Gasteiger charge is 2.63. The number of carbonyl (C=O) groups excluding carboxylic acids is 2. The smallest absolute Gasteiger partial charge is 0.228 e. The number of fused-ring (bicyclic) bond motifs is 1. The summed E-state index contributed by atoms with van der Waals surface area (Å²) in [6, 6.07) is 6.00. The fourth-order valence-electron chi connectivity index (χ4n) is 5.75. The van der Waals surface area contributed by atoms with Crippen molar-refractivity contribution in [3.8, 4) is 5.75 Å². The standard InChI is InChI=1S/C20H22N2O3/c1-12(23)22-16-9-8-13-5-4-10-21-17(24)11-20(16,19(13)21)14-6-3-7-15(25-2)18(14)22/h3,6-7,16H,4-5,8-11H2,1-2H3/t16-,20-/m1/s1. The van der Waals surface area contributed by atoms with Gasteiger partial charge in [-0.2, -0.15) is 0 Å². The van der Waals surface area contributed by atoms with E-state index in [1.165, 1.54) is 11.3 Å². The van der Waals surface area contributed by atoms with Crippen molar-refractivity contribution in [2.24, 2.45) is 0 Å². The first-order chi connectivity index (χ1) is 12.1. The van der Waals surface area contributed by atoms with E-state index in [0.717, 1.165) is 49.2 Å². The normalized spacial score (nSPS) is 29.5. The summed E-state index contributed by atoms with van der Waals surface area (Å²) >= 11 is 0. The highest BCUT2D eigenvalue weighted by Crippen LogP contribution is 2.62. The molecule has 2 amide bonds. The van der Waals surface area contributed by atoms with Crippen LogP contribution in [0.5, 0.6) is 5.75 Å². The fourth-order valence-corrected chi connectivity index (χ4v) is 5.75. The number of allylic oxidation sites excluding steroid dienone is 1. The van der Waals surface area contributed by atoms with E-state index < -0.39 is 0 Å². The number of rotatable bonds is 1. The molecular formula is C20H22N2O3. The average molecular weight is 338 g/mol. The van der Waals surface area contributed by atoms with Gasteiger partial charge in [0.05, 0.1) is 24.3 Å². The number of benzene rings is 1. The van der Waals surface area contributed by atoms with E-state index in [9.17, 15) is 9.59 Å². The third-order valence-corrected chi connectivity index (χ3v) is 6.50. The summed E-state index contributed by atoms with van der Waals surface area (Å²) in [6.07, 6.45) is 4.49. The third kappa shape index (κ3) is 1.64. The van der Waals surface area contributed by atoms with Crippen LogP contribution in [0.2, 0.25) is 0 Å². The summed E-state index contributed by atoms with van der Waals surface area (Å²) in [4.78, 5) is 29.4. The molecule has 1 fully saturated rings. The Kier molecular flexibility index (Phi) is 2.92. The summed E-state index contributed by atoms with van der Waals surface area (Å²) in [5.41, 5.74) is 4.22. The van der Waals surface area contributed by atoms with Gasteiger partial charge in [-0.3, -0.25) is 9.59 Å². The van der Waals surface area contributed by atoms with Crippen LogP contribution in [0.4, 0.5) is 5.69 Å². The van der Waals surface area contributed by atoms with Gasteiger partial charge in [0.2, 0.25) is 11.8 Å². The van der Waals surface area contributed by atoms with E-state index in [1.54, 1.807) is 14.0 Å². The number of para-hydroxylation sites is 1. The summed E-state index contributed by atoms with van der Waals surface area (Å²) in [5, 5.41) is 0. The molecule has 3 aliphatic heterocycles. The Labute approximate surface area is 147 Å². The van der Waals surface area contributed by atoms with Gasteiger partial charge < -0.3 is 14.5 Å². The van der Waals surface area contributed by atoms with Crippen molar-refractivity contribution in [1.29, 1.82) is 0 Å². The van der Waals surface area contributed by atoms with Crippen LogP contribution < -0.4 is 9.64 Å². The van der Waals surface area contributed by atoms with E-state index in [1.807, 2.05) is 21.9 Å². The van der Waals surface area contributed by atoms with Crippen molar-refractivity contribution in [3.05, 3.63) is 35.0 Å². The Morgan fingerprint density at radius 1 is 1.32 bits per heavy atom. The summed E-state index contributed by atoms with van der Waals surface area (Å²) < 4.78 is 5.60. The zero-order valence-corrected chi connectivity index (χ0v) is 14.7. The van der Waals surface area contributed by atoms with Gasteiger partial charge in [0.1, 0.15) is 5.75 Å². The van der Waals surface area contributed by atoms with Crippen molar-refractivity contribution in [2.45, 2.75) is 50.5 Å². The van der Waals surface area contributed by atoms with E-state index in [2.05, 4.69) is 6.07 Å². The molecule has 4 aliphatic rings. The molecule has 2 atom stereocenters. The molecule has 0 aromatic heterocycles. The lowest BCUT2D eigenvalue weighted by Gasteiger charge is -2.43. The largest absolute Gasteiger partial charge is 0.495 e. The monoisotopic (exact) mass is 338 g/mol. The first-order valence-electron chi connectivity index (χ1n) is 9.09. The fraction of sp³-hybridized carbons (Fsp3) is 0.500. The molecule has 5 nitrogen and oxygen atoms in total. The molecule has 1 aromatic rings. The van der Waals surface area contributed by atoms with Crippen LogP contribution in [0.25, 0.3) is 0 Å². The number of anilines is 1. The second-order valence-electron chi connectivity index (χ2n) is 7.55. The lowest BCUT2D eigenvalue weighted by Crippen LogP contribution is -2.50. The van der Waals surface area contributed by atoms with Gasteiger partial charge in [-0.05, 0) is 42.9 Å². The Morgan fingerprint density at radius 2 is 2.16 bits per heavy atom. The number of hydrogen-bond acceptors (Lipinski definition) is 3. The summed E-state index contributed by atoms with van der Waals surface area (Å²) in [5.74, 6) is 0.956. The van der Waals surface area contributed by atoms with Gasteiger partial charge in [-0.25, -0.2) is 0 Å². The van der Waals surface area contributed by atoms with E-state index in [4.69, 9.17) is 4.74 Å². The van der Waals surface area contributed by atoms with Gasteiger partial charge in [0.15, 0.2) is 0 Å². The molecule has 0 saturated carbocycles. The maximum absolute atomic E-state index is 12.9. The predicted molar refractivity (Wildman–Crippen MR) is 93.4 cm³/mol. The van der Waals surface area contributed by atoms with Crippen LogP contribution in [-0.2, 0) is 15.0 Å². The van der Waals surface area contributed by atoms with Gasteiger partial charge >= 0.3 is 0 Å². The summed E-state index contributed by atoms with van der Waals surface area (Å²) in [7, 11) is 1.64. The van der Waals surface area contributed by atoms with Crippen LogP contribution in [0.3, 0.4) is 0 Å². The highest BCUT2D eigenvalue weighted by molar-refractivity contribution is 6.00. The number of carbonyl (C=O) groups is 2. The van der Waals surface area contributed by atoms with Gasteiger partial charge in [-0.1, -0.05) is 12.1 Å². The number of amides is 2. The lowest BCUT2D eigenvalue weighted by atomic mass is 9.66. The molecule has 5 rings (SSSR count). The molecule has 1 aliphatic carbocycles. The van der Waals surface area contributed by atoms with Gasteiger partial charge in [-0.15, -0.1) is 0 Å². The molecule has 1 aromatic carbocycles. The third-order valence-electron chi connectivity index (χ3n) is 6.50. The van der Waals surface area contributed by atoms with E-state index >= 15 is 0 Å². The molecule has 25 heavy (non-hydrogen) atoms. The minimum absolute atomic E-state index is 0.0158. The van der Waals surface area contributed by atoms with Crippen molar-refractivity contribution in [2.75, 3.05) is 18.6 Å². The molecule has 0 bridgehead atoms. The Bertz CT molecular complexity index is 843. The first-order valence-corrected chi connectivity index (χ1v) is 9.09. The average Bonchev–Trinajstić information content (AvgIpc) is 3.08. The van der Waals surface area contributed by atoms with Crippen molar-refractivity contribution in [1.82, 2.24) is 4.90 Å². The van der Waals surface area contributed by atoms with Crippen molar-refractivity contribution in [3.63, 3.8) is 0 Å². The molecule has 0 N–H and O–H groups in total. The Hall–Kier alpha value is -2.30. The Morgan fingerprint density at radius 3 is 2.92 bits per heavy atom. The van der Waals surface area contributed by atoms with Crippen LogP contribution in [0.1, 0.15) is 44.6 Å². The number of methoxy groups -OCH3 is 1. The maximum Gasteiger partial charge on any atom is 0.228 e. The number of nitrogens with zero attached hydrogens (tertiary/aromatic N) is 2. The molecule has 130 valence electrons. The van der Waals surface area contributed by atoms with Gasteiger partial charge in [0, 0.05) is 25.6 Å². The molecule has 1 spiro atoms. The minimum atomic E-state index is -0.374. The SMILES string of the molecule is COc1cccc2c1N(C(C)=O)[C@@H]1CCC3=C4N(CCC3)C(=O)C[C@@]421. The van der Waals surface area contributed by atoms with Crippen molar-refractivity contribution < 1.29 is 14.3 Å². The zero-order valence-electron chi connectivity index (χ0n) is 14.7. The van der Waals surface area contributed by atoms with Crippen LogP contribution in [0.15, 0.2) is 29.5 Å². The lowest BCUT2D eigenvalue weighted by molar-refractivity contribution is -0.127. The van der Waals surface area contributed by atoms with Crippen LogP contribution in [0, 0.1) is 0 Å². The minimum Gasteiger partial charge on any atom is -0.495 e. The molecule has 1 saturated heterocycles. The van der Waals surface area contributed by atoms with E-state index in [0.29, 0.717) is 6.42 Å². The van der Waals surface area contributed by atoms with Crippen molar-refractivity contribution >= 4 is 17.5 Å². The molecule has 0 radical (unpaired) electrons. The van der Waals surface area contributed by atoms with Gasteiger partial charge in [0.25, 0.3) is 0 Å². The number of hydrogen-bond donors (Lipinski definition) is 0. The van der Waals surface area contributed by atoms with E-state index in [-0.39, 0.29) is 23.3 Å². The molecular weight excluding hydrogens is 316 g/mol. The predicted octanol–water partition coefficient (Wildman–Crippen LogP) is 2.74. The second kappa shape index (κ2) is 4.87. The van der Waals surface area contributed by atoms with Crippen LogP contribution >= 0.6 is 0 Å². The van der Waals surface area contributed by atoms with Crippen LogP contribution in [-0.4, -0.2) is 36.4 Å². The molecule has 0 unspecified atom stereocenters. The first kappa shape index (κ1) is 15.0. The topological polar surface area (TPSA) is 49.9 Å². The zero-order chi connectivity index (χ0) is 17.3.